The van der Waals surface area contributed by atoms with Gasteiger partial charge in [-0.3, -0.25) is 9.78 Å². The third-order valence-corrected chi connectivity index (χ3v) is 6.29. The van der Waals surface area contributed by atoms with Gasteiger partial charge >= 0.3 is 5.97 Å². The number of hydrogen-bond acceptors (Lipinski definition) is 6. The average Bonchev–Trinajstić information content (AvgIpc) is 3.48. The second kappa shape index (κ2) is 7.47. The van der Waals surface area contributed by atoms with Crippen LogP contribution in [0.2, 0.25) is 0 Å². The number of aromatic nitrogens is 4. The zero-order chi connectivity index (χ0) is 21.6. The minimum atomic E-state index is -0.858. The number of ether oxygens (including phenoxy) is 1. The molecule has 1 saturated carbocycles. The third-order valence-electron chi connectivity index (χ3n) is 6.29. The summed E-state index contributed by atoms with van der Waals surface area (Å²) in [4.78, 5) is 17.3. The summed E-state index contributed by atoms with van der Waals surface area (Å²) in [7, 11) is 1.41. The van der Waals surface area contributed by atoms with E-state index in [1.807, 2.05) is 44.5 Å². The molecule has 0 aliphatic heterocycles. The highest BCUT2D eigenvalue weighted by molar-refractivity contribution is 5.82. The fraction of sp³-hybridized carbons (Fsp3) is 0.478. The molecule has 0 spiro atoms. The van der Waals surface area contributed by atoms with Crippen LogP contribution in [0.1, 0.15) is 66.6 Å². The van der Waals surface area contributed by atoms with Crippen LogP contribution in [0.15, 0.2) is 24.4 Å². The maximum absolute atomic E-state index is 12.8. The number of aliphatic hydroxyl groups is 1. The topological polar surface area (TPSA) is 90.1 Å². The molecule has 1 fully saturated rings. The van der Waals surface area contributed by atoms with E-state index in [-0.39, 0.29) is 18.5 Å². The predicted molar refractivity (Wildman–Crippen MR) is 113 cm³/mol. The Kier molecular flexibility index (Phi) is 5.10. The van der Waals surface area contributed by atoms with Crippen LogP contribution in [-0.4, -0.2) is 38.2 Å². The van der Waals surface area contributed by atoms with Crippen LogP contribution >= 0.6 is 0 Å². The molecule has 1 atom stereocenters. The lowest BCUT2D eigenvalue weighted by molar-refractivity contribution is -0.151. The molecule has 1 N–H and O–H groups in total. The van der Waals surface area contributed by atoms with E-state index in [0.717, 1.165) is 51.8 Å². The number of carbonyl (C=O) groups is 1. The van der Waals surface area contributed by atoms with E-state index >= 15 is 0 Å². The standard InChI is InChI=1S/C23H28N4O3/c1-13-18(8-9-19-21(13)25-26-27(19)17-6-7-17)20(23(3,4)22(29)30-5)15-10-16(12-28)14(2)24-11-15/h8-11,17,20,28H,6-7,12H2,1-5H3/t20-/m0/s1. The number of rotatable bonds is 6. The van der Waals surface area contributed by atoms with Crippen LogP contribution in [-0.2, 0) is 16.1 Å². The molecular formula is C23H28N4O3. The maximum atomic E-state index is 12.8. The minimum absolute atomic E-state index is 0.105. The van der Waals surface area contributed by atoms with Gasteiger partial charge in [-0.2, -0.15) is 0 Å². The fourth-order valence-electron chi connectivity index (χ4n) is 4.34. The summed E-state index contributed by atoms with van der Waals surface area (Å²) in [6.07, 6.45) is 4.06. The van der Waals surface area contributed by atoms with Crippen LogP contribution in [0.3, 0.4) is 0 Å². The highest BCUT2D eigenvalue weighted by Gasteiger charge is 2.41. The van der Waals surface area contributed by atoms with Gasteiger partial charge in [-0.1, -0.05) is 11.3 Å². The zero-order valence-corrected chi connectivity index (χ0v) is 18.1. The van der Waals surface area contributed by atoms with Crippen molar-refractivity contribution in [1.82, 2.24) is 20.0 Å². The number of aryl methyl sites for hydroxylation is 2. The van der Waals surface area contributed by atoms with Crippen molar-refractivity contribution in [2.75, 3.05) is 7.11 Å². The maximum Gasteiger partial charge on any atom is 0.312 e. The number of nitrogens with zero attached hydrogens (tertiary/aromatic N) is 4. The van der Waals surface area contributed by atoms with Crippen molar-refractivity contribution >= 4 is 17.0 Å². The van der Waals surface area contributed by atoms with Crippen LogP contribution in [0.5, 0.6) is 0 Å². The van der Waals surface area contributed by atoms with Crippen molar-refractivity contribution in [3.05, 3.63) is 52.3 Å². The van der Waals surface area contributed by atoms with Crippen molar-refractivity contribution < 1.29 is 14.6 Å². The Bertz CT molecular complexity index is 1120. The molecule has 30 heavy (non-hydrogen) atoms. The molecule has 2 heterocycles. The molecule has 4 rings (SSSR count). The Morgan fingerprint density at radius 3 is 2.70 bits per heavy atom. The van der Waals surface area contributed by atoms with Gasteiger partial charge in [-0.15, -0.1) is 5.10 Å². The van der Waals surface area contributed by atoms with Crippen molar-refractivity contribution in [2.45, 2.75) is 59.1 Å². The highest BCUT2D eigenvalue weighted by Crippen LogP contribution is 2.45. The van der Waals surface area contributed by atoms with E-state index in [0.29, 0.717) is 6.04 Å². The van der Waals surface area contributed by atoms with Gasteiger partial charge in [0.15, 0.2) is 0 Å². The molecule has 7 nitrogen and oxygen atoms in total. The van der Waals surface area contributed by atoms with Crippen LogP contribution in [0.4, 0.5) is 0 Å². The Morgan fingerprint density at radius 2 is 2.07 bits per heavy atom. The first-order chi connectivity index (χ1) is 14.3. The summed E-state index contributed by atoms with van der Waals surface area (Å²) in [6.45, 7) is 7.55. The lowest BCUT2D eigenvalue weighted by atomic mass is 9.70. The number of aliphatic hydroxyl groups excluding tert-OH is 1. The van der Waals surface area contributed by atoms with Crippen molar-refractivity contribution in [3.8, 4) is 0 Å². The van der Waals surface area contributed by atoms with E-state index in [9.17, 15) is 9.90 Å². The Morgan fingerprint density at radius 1 is 1.33 bits per heavy atom. The monoisotopic (exact) mass is 408 g/mol. The molecule has 3 aromatic rings. The molecule has 0 saturated heterocycles. The number of carbonyl (C=O) groups excluding carboxylic acids is 1. The first-order valence-corrected chi connectivity index (χ1v) is 10.3. The second-order valence-corrected chi connectivity index (χ2v) is 8.73. The Balaban J connectivity index is 1.92. The van der Waals surface area contributed by atoms with Crippen LogP contribution in [0.25, 0.3) is 11.0 Å². The number of hydrogen-bond donors (Lipinski definition) is 1. The average molecular weight is 409 g/mol. The molecule has 0 bridgehead atoms. The summed E-state index contributed by atoms with van der Waals surface area (Å²) >= 11 is 0. The van der Waals surface area contributed by atoms with Gasteiger partial charge in [0.2, 0.25) is 0 Å². The number of fused-ring (bicyclic) bond motifs is 1. The van der Waals surface area contributed by atoms with E-state index in [1.165, 1.54) is 7.11 Å². The van der Waals surface area contributed by atoms with Crippen LogP contribution < -0.4 is 0 Å². The lowest BCUT2D eigenvalue weighted by Crippen LogP contribution is -2.34. The molecule has 1 aromatic carbocycles. The van der Waals surface area contributed by atoms with Crippen LogP contribution in [0, 0.1) is 19.3 Å². The number of benzene rings is 1. The number of methoxy groups -OCH3 is 1. The van der Waals surface area contributed by atoms with Gasteiger partial charge < -0.3 is 9.84 Å². The molecule has 0 amide bonds. The molecule has 1 aliphatic rings. The summed E-state index contributed by atoms with van der Waals surface area (Å²) in [5.41, 5.74) is 5.37. The molecule has 7 heteroatoms. The van der Waals surface area contributed by atoms with Gasteiger partial charge in [-0.05, 0) is 74.9 Å². The summed E-state index contributed by atoms with van der Waals surface area (Å²) in [6, 6.07) is 6.48. The van der Waals surface area contributed by atoms with Gasteiger partial charge in [0.25, 0.3) is 0 Å². The third kappa shape index (κ3) is 3.27. The minimum Gasteiger partial charge on any atom is -0.469 e. The fourth-order valence-corrected chi connectivity index (χ4v) is 4.34. The summed E-state index contributed by atoms with van der Waals surface area (Å²) < 4.78 is 7.15. The highest BCUT2D eigenvalue weighted by atomic mass is 16.5. The molecule has 0 radical (unpaired) electrons. The number of pyridine rings is 1. The first kappa shape index (κ1) is 20.5. The summed E-state index contributed by atoms with van der Waals surface area (Å²) in [5.74, 6) is -0.626. The zero-order valence-electron chi connectivity index (χ0n) is 18.1. The largest absolute Gasteiger partial charge is 0.469 e. The molecule has 2 aromatic heterocycles. The Hall–Kier alpha value is -2.80. The summed E-state index contributed by atoms with van der Waals surface area (Å²) in [5, 5.41) is 18.6. The van der Waals surface area contributed by atoms with Crippen molar-refractivity contribution in [1.29, 1.82) is 0 Å². The lowest BCUT2D eigenvalue weighted by Gasteiger charge is -2.33. The van der Waals surface area contributed by atoms with E-state index < -0.39 is 5.41 Å². The van der Waals surface area contributed by atoms with E-state index in [2.05, 4.69) is 21.4 Å². The molecule has 158 valence electrons. The smallest absolute Gasteiger partial charge is 0.312 e. The first-order valence-electron chi connectivity index (χ1n) is 10.3. The van der Waals surface area contributed by atoms with Gasteiger partial charge in [-0.25, -0.2) is 4.68 Å². The predicted octanol–water partition coefficient (Wildman–Crippen LogP) is 3.60. The van der Waals surface area contributed by atoms with Gasteiger partial charge in [0.1, 0.15) is 5.52 Å². The van der Waals surface area contributed by atoms with Crippen molar-refractivity contribution in [3.63, 3.8) is 0 Å². The van der Waals surface area contributed by atoms with E-state index in [1.54, 1.807) is 6.20 Å². The second-order valence-electron chi connectivity index (χ2n) is 8.73. The molecular weight excluding hydrogens is 380 g/mol. The van der Waals surface area contributed by atoms with E-state index in [4.69, 9.17) is 4.74 Å². The molecule has 0 unspecified atom stereocenters. The quantitative estimate of drug-likeness (QED) is 0.627. The Labute approximate surface area is 176 Å². The van der Waals surface area contributed by atoms with Crippen molar-refractivity contribution in [2.24, 2.45) is 5.41 Å². The SMILES string of the molecule is COC(=O)C(C)(C)[C@@H](c1cnc(C)c(CO)c1)c1ccc2c(nnn2C2CC2)c1C. The normalized spacial score (nSPS) is 15.4. The molecule has 1 aliphatic carbocycles. The van der Waals surface area contributed by atoms with Gasteiger partial charge in [0, 0.05) is 17.8 Å². The number of esters is 1. The van der Waals surface area contributed by atoms with Gasteiger partial charge in [0.05, 0.1) is 30.7 Å².